The number of carbonyl (C=O) groups excluding carboxylic acids is 1. The van der Waals surface area contributed by atoms with Crippen molar-refractivity contribution < 1.29 is 4.79 Å². The second-order valence-corrected chi connectivity index (χ2v) is 7.41. The van der Waals surface area contributed by atoms with Crippen LogP contribution in [0, 0.1) is 5.92 Å². The minimum Gasteiger partial charge on any atom is -0.356 e. The molecule has 0 atom stereocenters. The number of nitrogens with zero attached hydrogens (tertiary/aromatic N) is 3. The Morgan fingerprint density at radius 3 is 2.73 bits per heavy atom. The van der Waals surface area contributed by atoms with E-state index in [0.717, 1.165) is 42.0 Å². The van der Waals surface area contributed by atoms with Crippen LogP contribution in [0.2, 0.25) is 0 Å². The highest BCUT2D eigenvalue weighted by Gasteiger charge is 2.27. The fourth-order valence-electron chi connectivity index (χ4n) is 3.60. The number of fused-ring (bicyclic) bond motifs is 1. The van der Waals surface area contributed by atoms with Crippen LogP contribution in [0.5, 0.6) is 0 Å². The fraction of sp³-hybridized carbons (Fsp3) is 0.350. The van der Waals surface area contributed by atoms with Gasteiger partial charge in [-0.05, 0) is 25.3 Å². The molecule has 1 aliphatic heterocycles. The first-order chi connectivity index (χ1) is 12.8. The van der Waals surface area contributed by atoms with Crippen LogP contribution in [0.4, 0.5) is 5.82 Å². The number of benzene rings is 1. The Labute approximate surface area is 157 Å². The van der Waals surface area contributed by atoms with Crippen LogP contribution in [0.3, 0.4) is 0 Å². The van der Waals surface area contributed by atoms with E-state index in [0.29, 0.717) is 6.54 Å². The molecule has 0 bridgehead atoms. The number of anilines is 1. The molecule has 1 fully saturated rings. The predicted molar refractivity (Wildman–Crippen MR) is 106 cm³/mol. The van der Waals surface area contributed by atoms with Gasteiger partial charge in [0.25, 0.3) is 0 Å². The molecule has 0 unspecified atom stereocenters. The van der Waals surface area contributed by atoms with E-state index in [4.69, 9.17) is 0 Å². The largest absolute Gasteiger partial charge is 0.356 e. The summed E-state index contributed by atoms with van der Waals surface area (Å²) in [6, 6.07) is 10.4. The molecular weight excluding hydrogens is 344 g/mol. The quantitative estimate of drug-likeness (QED) is 0.765. The van der Waals surface area contributed by atoms with Crippen molar-refractivity contribution in [3.05, 3.63) is 42.0 Å². The lowest BCUT2D eigenvalue weighted by Crippen LogP contribution is -2.40. The molecule has 0 radical (unpaired) electrons. The van der Waals surface area contributed by atoms with Gasteiger partial charge in [-0.25, -0.2) is 9.97 Å². The molecular formula is C20H22N4OS. The van der Waals surface area contributed by atoms with Crippen LogP contribution in [0.15, 0.2) is 42.0 Å². The van der Waals surface area contributed by atoms with Gasteiger partial charge in [0.15, 0.2) is 0 Å². The number of carbonyl (C=O) groups is 1. The Morgan fingerprint density at radius 1 is 1.23 bits per heavy atom. The molecule has 4 rings (SSSR count). The molecule has 0 saturated carbocycles. The fourth-order valence-corrected chi connectivity index (χ4v) is 4.51. The summed E-state index contributed by atoms with van der Waals surface area (Å²) in [5.41, 5.74) is 2.37. The summed E-state index contributed by atoms with van der Waals surface area (Å²) in [6.45, 7) is 4.35. The molecule has 26 heavy (non-hydrogen) atoms. The van der Waals surface area contributed by atoms with Gasteiger partial charge in [-0.1, -0.05) is 30.3 Å². The second-order valence-electron chi connectivity index (χ2n) is 6.55. The Hall–Kier alpha value is -2.47. The summed E-state index contributed by atoms with van der Waals surface area (Å²) in [7, 11) is 0. The van der Waals surface area contributed by atoms with Gasteiger partial charge in [0, 0.05) is 36.5 Å². The maximum atomic E-state index is 12.1. The Morgan fingerprint density at radius 2 is 2.00 bits per heavy atom. The van der Waals surface area contributed by atoms with Gasteiger partial charge < -0.3 is 10.2 Å². The first kappa shape index (κ1) is 17.0. The summed E-state index contributed by atoms with van der Waals surface area (Å²) < 4.78 is 0. The molecule has 0 aliphatic carbocycles. The van der Waals surface area contributed by atoms with Crippen LogP contribution in [-0.4, -0.2) is 35.5 Å². The van der Waals surface area contributed by atoms with Gasteiger partial charge >= 0.3 is 0 Å². The standard InChI is InChI=1S/C20H22N4OS/c1-2-21-19(25)15-8-10-24(11-9-15)18-17-16(14-6-4-3-5-7-14)12-26-20(17)23-13-22-18/h3-7,12-13,15H,2,8-11H2,1H3,(H,21,25). The molecule has 1 aromatic carbocycles. The van der Waals surface area contributed by atoms with Gasteiger partial charge in [0.1, 0.15) is 17.0 Å². The average Bonchev–Trinajstić information content (AvgIpc) is 3.13. The van der Waals surface area contributed by atoms with Crippen molar-refractivity contribution >= 4 is 33.3 Å². The number of thiophene rings is 1. The maximum Gasteiger partial charge on any atom is 0.223 e. The highest BCUT2D eigenvalue weighted by atomic mass is 32.1. The third kappa shape index (κ3) is 3.17. The van der Waals surface area contributed by atoms with Crippen LogP contribution < -0.4 is 10.2 Å². The zero-order chi connectivity index (χ0) is 17.9. The van der Waals surface area contributed by atoms with Crippen LogP contribution in [0.1, 0.15) is 19.8 Å². The first-order valence-corrected chi connectivity index (χ1v) is 9.96. The molecule has 5 nitrogen and oxygen atoms in total. The molecule has 1 aliphatic rings. The summed E-state index contributed by atoms with van der Waals surface area (Å²) in [5, 5.41) is 6.24. The number of amides is 1. The number of piperidine rings is 1. The lowest BCUT2D eigenvalue weighted by molar-refractivity contribution is -0.125. The molecule has 1 saturated heterocycles. The number of aromatic nitrogens is 2. The van der Waals surface area contributed by atoms with Crippen molar-refractivity contribution in [2.75, 3.05) is 24.5 Å². The van der Waals surface area contributed by atoms with Crippen LogP contribution >= 0.6 is 11.3 Å². The minimum absolute atomic E-state index is 0.111. The molecule has 1 amide bonds. The van der Waals surface area contributed by atoms with E-state index < -0.39 is 0 Å². The number of nitrogens with one attached hydrogen (secondary N) is 1. The number of hydrogen-bond donors (Lipinski definition) is 1. The van der Waals surface area contributed by atoms with E-state index in [-0.39, 0.29) is 11.8 Å². The van der Waals surface area contributed by atoms with Crippen molar-refractivity contribution in [3.8, 4) is 11.1 Å². The van der Waals surface area contributed by atoms with E-state index in [1.165, 1.54) is 11.1 Å². The summed E-state index contributed by atoms with van der Waals surface area (Å²) in [4.78, 5) is 24.5. The Bertz CT molecular complexity index is 901. The number of rotatable bonds is 4. The summed E-state index contributed by atoms with van der Waals surface area (Å²) >= 11 is 1.66. The van der Waals surface area contributed by atoms with Gasteiger partial charge in [-0.3, -0.25) is 4.79 Å². The predicted octanol–water partition coefficient (Wildman–Crippen LogP) is 3.71. The van der Waals surface area contributed by atoms with Crippen molar-refractivity contribution in [3.63, 3.8) is 0 Å². The van der Waals surface area contributed by atoms with Crippen LogP contribution in [0.25, 0.3) is 21.3 Å². The Kier molecular flexibility index (Phi) is 4.84. The topological polar surface area (TPSA) is 58.1 Å². The summed E-state index contributed by atoms with van der Waals surface area (Å²) in [5.74, 6) is 1.28. The van der Waals surface area contributed by atoms with Gasteiger partial charge in [0.05, 0.1) is 5.39 Å². The lowest BCUT2D eigenvalue weighted by atomic mass is 9.95. The highest BCUT2D eigenvalue weighted by Crippen LogP contribution is 2.38. The zero-order valence-electron chi connectivity index (χ0n) is 14.8. The van der Waals surface area contributed by atoms with E-state index >= 15 is 0 Å². The third-order valence-electron chi connectivity index (χ3n) is 4.95. The third-order valence-corrected chi connectivity index (χ3v) is 5.84. The van der Waals surface area contributed by atoms with E-state index in [1.54, 1.807) is 17.7 Å². The molecule has 3 aromatic rings. The van der Waals surface area contributed by atoms with E-state index in [2.05, 4.69) is 49.8 Å². The number of hydrogen-bond acceptors (Lipinski definition) is 5. The SMILES string of the molecule is CCNC(=O)C1CCN(c2ncnc3scc(-c4ccccc4)c23)CC1. The Balaban J connectivity index is 1.64. The lowest BCUT2D eigenvalue weighted by Gasteiger charge is -2.32. The van der Waals surface area contributed by atoms with Crippen LogP contribution in [-0.2, 0) is 4.79 Å². The molecule has 0 spiro atoms. The van der Waals surface area contributed by atoms with Gasteiger partial charge in [-0.15, -0.1) is 11.3 Å². The molecule has 1 N–H and O–H groups in total. The highest BCUT2D eigenvalue weighted by molar-refractivity contribution is 7.17. The van der Waals surface area contributed by atoms with E-state index in [1.807, 2.05) is 13.0 Å². The molecule has 2 aromatic heterocycles. The minimum atomic E-state index is 0.111. The van der Waals surface area contributed by atoms with Crippen molar-refractivity contribution in [1.82, 2.24) is 15.3 Å². The average molecular weight is 366 g/mol. The van der Waals surface area contributed by atoms with Gasteiger partial charge in [0.2, 0.25) is 5.91 Å². The summed E-state index contributed by atoms with van der Waals surface area (Å²) in [6.07, 6.45) is 3.38. The first-order valence-electron chi connectivity index (χ1n) is 9.08. The second kappa shape index (κ2) is 7.41. The van der Waals surface area contributed by atoms with E-state index in [9.17, 15) is 4.79 Å². The van der Waals surface area contributed by atoms with Gasteiger partial charge in [-0.2, -0.15) is 0 Å². The smallest absolute Gasteiger partial charge is 0.223 e. The normalized spacial score (nSPS) is 15.3. The molecule has 6 heteroatoms. The zero-order valence-corrected chi connectivity index (χ0v) is 15.6. The monoisotopic (exact) mass is 366 g/mol. The maximum absolute atomic E-state index is 12.1. The molecule has 134 valence electrons. The molecule has 3 heterocycles. The van der Waals surface area contributed by atoms with Crippen molar-refractivity contribution in [2.24, 2.45) is 5.92 Å². The van der Waals surface area contributed by atoms with Crippen molar-refractivity contribution in [2.45, 2.75) is 19.8 Å². The van der Waals surface area contributed by atoms with Crippen molar-refractivity contribution in [1.29, 1.82) is 0 Å².